The fourth-order valence-corrected chi connectivity index (χ4v) is 2.22. The molecule has 7 nitrogen and oxygen atoms in total. The van der Waals surface area contributed by atoms with Gasteiger partial charge < -0.3 is 20.9 Å². The number of aliphatic hydroxyl groups is 1. The summed E-state index contributed by atoms with van der Waals surface area (Å²) in [5.41, 5.74) is 6.64. The molecular formula is C16H25N5O2S. The van der Waals surface area contributed by atoms with Crippen LogP contribution in [0.2, 0.25) is 0 Å². The Kier molecular flexibility index (Phi) is 8.88. The summed E-state index contributed by atoms with van der Waals surface area (Å²) in [5, 5.41) is 12.5. The van der Waals surface area contributed by atoms with Crippen LogP contribution < -0.4 is 15.8 Å². The molecule has 24 heavy (non-hydrogen) atoms. The lowest BCUT2D eigenvalue weighted by atomic mass is 10.1. The minimum atomic E-state index is 0. The van der Waals surface area contributed by atoms with Gasteiger partial charge in [-0.15, -0.1) is 0 Å². The molecule has 132 valence electrons. The van der Waals surface area contributed by atoms with Crippen molar-refractivity contribution in [3.63, 3.8) is 0 Å². The molecule has 0 bridgehead atoms. The Bertz CT molecular complexity index is 594. The van der Waals surface area contributed by atoms with E-state index in [9.17, 15) is 5.11 Å². The molecule has 1 atom stereocenters. The van der Waals surface area contributed by atoms with Crippen LogP contribution in [0.4, 0.5) is 11.8 Å². The molecule has 0 aliphatic carbocycles. The second-order valence-corrected chi connectivity index (χ2v) is 5.23. The van der Waals surface area contributed by atoms with Gasteiger partial charge in [-0.05, 0) is 18.9 Å². The van der Waals surface area contributed by atoms with Crippen LogP contribution in [0.3, 0.4) is 0 Å². The van der Waals surface area contributed by atoms with Crippen molar-refractivity contribution in [1.82, 2.24) is 15.0 Å². The number of anilines is 2. The SMILES string of the molecule is CCC[C@@H](CCO)Nc1nc(N)ncc1OCc1cccnc1.S. The van der Waals surface area contributed by atoms with Crippen molar-refractivity contribution in [1.29, 1.82) is 0 Å². The van der Waals surface area contributed by atoms with Crippen LogP contribution in [0.15, 0.2) is 30.7 Å². The van der Waals surface area contributed by atoms with Gasteiger partial charge in [0.25, 0.3) is 0 Å². The Labute approximate surface area is 149 Å². The molecule has 0 aliphatic rings. The summed E-state index contributed by atoms with van der Waals surface area (Å²) >= 11 is 0. The summed E-state index contributed by atoms with van der Waals surface area (Å²) in [6.45, 7) is 2.58. The Morgan fingerprint density at radius 1 is 1.33 bits per heavy atom. The van der Waals surface area contributed by atoms with Gasteiger partial charge in [0.1, 0.15) is 6.61 Å². The third-order valence-corrected chi connectivity index (χ3v) is 3.35. The molecule has 0 saturated carbocycles. The van der Waals surface area contributed by atoms with Gasteiger partial charge in [-0.2, -0.15) is 18.5 Å². The number of nitrogens with zero attached hydrogens (tertiary/aromatic N) is 3. The number of ether oxygens (including phenoxy) is 1. The first-order valence-corrected chi connectivity index (χ1v) is 7.74. The average molecular weight is 351 g/mol. The summed E-state index contributed by atoms with van der Waals surface area (Å²) in [5.74, 6) is 1.26. The number of nitrogens with two attached hydrogens (primary N) is 1. The Morgan fingerprint density at radius 3 is 2.83 bits per heavy atom. The topological polar surface area (TPSA) is 106 Å². The first-order chi connectivity index (χ1) is 11.2. The first kappa shape index (κ1) is 20.0. The molecule has 0 aliphatic heterocycles. The number of nitrogens with one attached hydrogen (secondary N) is 1. The molecule has 4 N–H and O–H groups in total. The van der Waals surface area contributed by atoms with Gasteiger partial charge in [0, 0.05) is 30.6 Å². The van der Waals surface area contributed by atoms with Gasteiger partial charge in [-0.3, -0.25) is 4.98 Å². The normalized spacial score (nSPS) is 11.4. The molecule has 2 heterocycles. The fraction of sp³-hybridized carbons (Fsp3) is 0.438. The van der Waals surface area contributed by atoms with Crippen LogP contribution in [0.25, 0.3) is 0 Å². The fourth-order valence-electron chi connectivity index (χ4n) is 2.22. The molecular weight excluding hydrogens is 326 g/mol. The second kappa shape index (κ2) is 10.7. The minimum Gasteiger partial charge on any atom is -0.483 e. The smallest absolute Gasteiger partial charge is 0.222 e. The summed E-state index contributed by atoms with van der Waals surface area (Å²) in [6, 6.07) is 3.90. The van der Waals surface area contributed by atoms with Crippen LogP contribution in [0.5, 0.6) is 5.75 Å². The molecule has 0 fully saturated rings. The van der Waals surface area contributed by atoms with E-state index in [1.54, 1.807) is 18.6 Å². The third-order valence-electron chi connectivity index (χ3n) is 3.35. The number of pyridine rings is 1. The van der Waals surface area contributed by atoms with Crippen molar-refractivity contribution in [2.75, 3.05) is 17.7 Å². The predicted molar refractivity (Wildman–Crippen MR) is 99.4 cm³/mol. The Hall–Kier alpha value is -2.06. The van der Waals surface area contributed by atoms with E-state index in [2.05, 4.69) is 27.2 Å². The predicted octanol–water partition coefficient (Wildman–Crippen LogP) is 2.11. The maximum absolute atomic E-state index is 9.18. The van der Waals surface area contributed by atoms with Gasteiger partial charge in [-0.25, -0.2) is 4.98 Å². The van der Waals surface area contributed by atoms with Gasteiger partial charge >= 0.3 is 0 Å². The van der Waals surface area contributed by atoms with E-state index < -0.39 is 0 Å². The highest BCUT2D eigenvalue weighted by Crippen LogP contribution is 2.24. The van der Waals surface area contributed by atoms with Gasteiger partial charge in [0.05, 0.1) is 6.20 Å². The van der Waals surface area contributed by atoms with Crippen LogP contribution in [0, 0.1) is 0 Å². The van der Waals surface area contributed by atoms with Crippen molar-refractivity contribution in [2.45, 2.75) is 38.8 Å². The molecule has 0 unspecified atom stereocenters. The summed E-state index contributed by atoms with van der Waals surface area (Å²) in [6.07, 6.45) is 7.59. The molecule has 2 aromatic rings. The quantitative estimate of drug-likeness (QED) is 0.635. The maximum Gasteiger partial charge on any atom is 0.222 e. The highest BCUT2D eigenvalue weighted by atomic mass is 32.1. The lowest BCUT2D eigenvalue weighted by Gasteiger charge is -2.19. The molecule has 0 aromatic carbocycles. The lowest BCUT2D eigenvalue weighted by molar-refractivity contribution is 0.275. The van der Waals surface area contributed by atoms with Gasteiger partial charge in [-0.1, -0.05) is 19.4 Å². The number of aromatic nitrogens is 3. The lowest BCUT2D eigenvalue weighted by Crippen LogP contribution is -2.22. The Balaban J connectivity index is 0.00000288. The summed E-state index contributed by atoms with van der Waals surface area (Å²) in [4.78, 5) is 12.3. The maximum atomic E-state index is 9.18. The van der Waals surface area contributed by atoms with E-state index in [0.29, 0.717) is 24.6 Å². The standard InChI is InChI=1S/C16H23N5O2.H2S/c1-2-4-13(6-8-22)20-15-14(10-19-16(17)21-15)23-11-12-5-3-7-18-9-12;/h3,5,7,9-10,13,22H,2,4,6,8,11H2,1H3,(H3,17,19,20,21);1H2/t13-;/m0./s1. The van der Waals surface area contributed by atoms with E-state index in [4.69, 9.17) is 10.5 Å². The van der Waals surface area contributed by atoms with Crippen LogP contribution in [-0.4, -0.2) is 32.7 Å². The number of aliphatic hydroxyl groups excluding tert-OH is 1. The highest BCUT2D eigenvalue weighted by Gasteiger charge is 2.13. The molecule has 2 aromatic heterocycles. The zero-order valence-corrected chi connectivity index (χ0v) is 14.8. The second-order valence-electron chi connectivity index (χ2n) is 5.23. The monoisotopic (exact) mass is 351 g/mol. The van der Waals surface area contributed by atoms with Crippen molar-refractivity contribution in [2.24, 2.45) is 0 Å². The van der Waals surface area contributed by atoms with E-state index in [1.165, 1.54) is 0 Å². The van der Waals surface area contributed by atoms with E-state index in [0.717, 1.165) is 18.4 Å². The van der Waals surface area contributed by atoms with Gasteiger partial charge in [0.2, 0.25) is 5.95 Å². The van der Waals surface area contributed by atoms with Crippen molar-refractivity contribution in [3.05, 3.63) is 36.3 Å². The molecule has 8 heteroatoms. The third kappa shape index (κ3) is 6.21. The molecule has 0 spiro atoms. The Morgan fingerprint density at radius 2 is 2.17 bits per heavy atom. The number of rotatable bonds is 9. The molecule has 0 amide bonds. The highest BCUT2D eigenvalue weighted by molar-refractivity contribution is 7.59. The molecule has 0 saturated heterocycles. The molecule has 2 rings (SSSR count). The number of hydrogen-bond acceptors (Lipinski definition) is 7. The van der Waals surface area contributed by atoms with Crippen LogP contribution >= 0.6 is 13.5 Å². The van der Waals surface area contributed by atoms with Crippen LogP contribution in [-0.2, 0) is 6.61 Å². The summed E-state index contributed by atoms with van der Waals surface area (Å²) < 4.78 is 5.79. The summed E-state index contributed by atoms with van der Waals surface area (Å²) in [7, 11) is 0. The first-order valence-electron chi connectivity index (χ1n) is 7.74. The number of hydrogen-bond donors (Lipinski definition) is 3. The largest absolute Gasteiger partial charge is 0.483 e. The van der Waals surface area contributed by atoms with E-state index in [1.807, 2.05) is 12.1 Å². The molecule has 0 radical (unpaired) electrons. The van der Waals surface area contributed by atoms with E-state index >= 15 is 0 Å². The number of nitrogen functional groups attached to an aromatic ring is 1. The van der Waals surface area contributed by atoms with Gasteiger partial charge in [0.15, 0.2) is 11.6 Å². The minimum absolute atomic E-state index is 0. The zero-order chi connectivity index (χ0) is 16.5. The van der Waals surface area contributed by atoms with Crippen molar-refractivity contribution < 1.29 is 9.84 Å². The van der Waals surface area contributed by atoms with Crippen LogP contribution in [0.1, 0.15) is 31.7 Å². The van der Waals surface area contributed by atoms with Crippen molar-refractivity contribution in [3.8, 4) is 5.75 Å². The van der Waals surface area contributed by atoms with Crippen molar-refractivity contribution >= 4 is 25.3 Å². The zero-order valence-electron chi connectivity index (χ0n) is 13.8. The average Bonchev–Trinajstić information content (AvgIpc) is 2.55. The van der Waals surface area contributed by atoms with E-state index in [-0.39, 0.29) is 32.1 Å².